The lowest BCUT2D eigenvalue weighted by Crippen LogP contribution is -2.45. The molecule has 6 rings (SSSR count). The molecule has 0 radical (unpaired) electrons. The van der Waals surface area contributed by atoms with E-state index in [1.807, 2.05) is 53.4 Å². The Labute approximate surface area is 186 Å². The van der Waals surface area contributed by atoms with E-state index in [4.69, 9.17) is 8.83 Å². The predicted octanol–water partition coefficient (Wildman–Crippen LogP) is 4.59. The average molecular weight is 431 g/mol. The Bertz CT molecular complexity index is 1080. The molecule has 2 aliphatic heterocycles. The molecule has 0 aliphatic carbocycles. The molecular formula is C25H26N4O3. The minimum atomic E-state index is 0.0801. The highest BCUT2D eigenvalue weighted by Crippen LogP contribution is 2.32. The van der Waals surface area contributed by atoms with Crippen LogP contribution in [-0.2, 0) is 4.79 Å². The van der Waals surface area contributed by atoms with E-state index in [1.54, 1.807) is 0 Å². The molecule has 7 heteroatoms. The highest BCUT2D eigenvalue weighted by Gasteiger charge is 2.33. The average Bonchev–Trinajstić information content (AvgIpc) is 3.48. The number of nitrogens with zero attached hydrogens (tertiary/aromatic N) is 4. The van der Waals surface area contributed by atoms with Crippen molar-refractivity contribution in [1.82, 2.24) is 14.9 Å². The van der Waals surface area contributed by atoms with Crippen molar-refractivity contribution in [3.8, 4) is 0 Å². The molecule has 2 aliphatic rings. The largest absolute Gasteiger partial charge is 0.440 e. The number of benzene rings is 2. The quantitative estimate of drug-likeness (QED) is 0.473. The number of hydrogen-bond donors (Lipinski definition) is 0. The molecular weight excluding hydrogens is 404 g/mol. The van der Waals surface area contributed by atoms with Gasteiger partial charge in [0, 0.05) is 38.0 Å². The fourth-order valence-corrected chi connectivity index (χ4v) is 4.98. The van der Waals surface area contributed by atoms with Crippen LogP contribution in [0.5, 0.6) is 0 Å². The second kappa shape index (κ2) is 7.97. The van der Waals surface area contributed by atoms with Crippen LogP contribution in [0.1, 0.15) is 37.5 Å². The van der Waals surface area contributed by atoms with E-state index >= 15 is 0 Å². The summed E-state index contributed by atoms with van der Waals surface area (Å²) < 4.78 is 11.9. The van der Waals surface area contributed by atoms with E-state index in [2.05, 4.69) is 14.9 Å². The second-order valence-electron chi connectivity index (χ2n) is 8.84. The Hall–Kier alpha value is -3.35. The molecule has 0 unspecified atom stereocenters. The maximum Gasteiger partial charge on any atom is 0.298 e. The molecule has 0 bridgehead atoms. The summed E-state index contributed by atoms with van der Waals surface area (Å²) in [4.78, 5) is 26.6. The predicted molar refractivity (Wildman–Crippen MR) is 122 cm³/mol. The van der Waals surface area contributed by atoms with Crippen LogP contribution in [0, 0.1) is 5.92 Å². The molecule has 2 aromatic heterocycles. The number of oxazole rings is 2. The van der Waals surface area contributed by atoms with E-state index < -0.39 is 0 Å². The molecule has 32 heavy (non-hydrogen) atoms. The molecule has 7 nitrogen and oxygen atoms in total. The van der Waals surface area contributed by atoms with Crippen LogP contribution < -0.4 is 4.90 Å². The zero-order valence-electron chi connectivity index (χ0n) is 17.9. The number of aromatic nitrogens is 2. The van der Waals surface area contributed by atoms with Gasteiger partial charge in [-0.05, 0) is 49.9 Å². The summed E-state index contributed by atoms with van der Waals surface area (Å²) >= 11 is 0. The molecule has 164 valence electrons. The first-order valence-corrected chi connectivity index (χ1v) is 11.5. The SMILES string of the molecule is O=C(C1CCN(c2nc3ccccc3o2)CC1)N1CCC(c2nc3ccccc3o2)CC1. The fraction of sp³-hybridized carbons (Fsp3) is 0.400. The van der Waals surface area contributed by atoms with Crippen LogP contribution in [0.4, 0.5) is 6.01 Å². The molecule has 2 aromatic carbocycles. The van der Waals surface area contributed by atoms with E-state index in [9.17, 15) is 4.79 Å². The van der Waals surface area contributed by atoms with E-state index in [-0.39, 0.29) is 11.8 Å². The van der Waals surface area contributed by atoms with Gasteiger partial charge in [-0.1, -0.05) is 24.3 Å². The summed E-state index contributed by atoms with van der Waals surface area (Å²) in [5, 5.41) is 0. The molecule has 0 N–H and O–H groups in total. The van der Waals surface area contributed by atoms with Crippen molar-refractivity contribution >= 4 is 34.1 Å². The van der Waals surface area contributed by atoms with Crippen LogP contribution in [-0.4, -0.2) is 47.0 Å². The van der Waals surface area contributed by atoms with Crippen LogP contribution in [0.25, 0.3) is 22.2 Å². The maximum absolute atomic E-state index is 13.2. The normalized spacial score (nSPS) is 18.6. The first-order valence-electron chi connectivity index (χ1n) is 11.5. The monoisotopic (exact) mass is 430 g/mol. The van der Waals surface area contributed by atoms with Crippen molar-refractivity contribution in [2.45, 2.75) is 31.6 Å². The lowest BCUT2D eigenvalue weighted by atomic mass is 9.92. The Kier molecular flexibility index (Phi) is 4.82. The lowest BCUT2D eigenvalue weighted by molar-refractivity contribution is -0.137. The van der Waals surface area contributed by atoms with Crippen molar-refractivity contribution in [3.05, 3.63) is 54.4 Å². The second-order valence-corrected chi connectivity index (χ2v) is 8.84. The van der Waals surface area contributed by atoms with Gasteiger partial charge in [0.2, 0.25) is 5.91 Å². The van der Waals surface area contributed by atoms with Gasteiger partial charge in [-0.3, -0.25) is 4.79 Å². The van der Waals surface area contributed by atoms with Gasteiger partial charge in [-0.2, -0.15) is 4.98 Å². The number of piperidine rings is 2. The summed E-state index contributed by atoms with van der Waals surface area (Å²) in [7, 11) is 0. The number of para-hydroxylation sites is 4. The first-order chi connectivity index (χ1) is 15.7. The number of likely N-dealkylation sites (tertiary alicyclic amines) is 1. The zero-order chi connectivity index (χ0) is 21.5. The van der Waals surface area contributed by atoms with Gasteiger partial charge in [-0.15, -0.1) is 0 Å². The van der Waals surface area contributed by atoms with Crippen molar-refractivity contribution < 1.29 is 13.6 Å². The summed E-state index contributed by atoms with van der Waals surface area (Å²) in [5.74, 6) is 1.46. The molecule has 0 atom stereocenters. The molecule has 4 heterocycles. The Morgan fingerprint density at radius 3 is 2.06 bits per heavy atom. The Morgan fingerprint density at radius 2 is 1.41 bits per heavy atom. The molecule has 1 amide bonds. The Balaban J connectivity index is 1.04. The van der Waals surface area contributed by atoms with Crippen molar-refractivity contribution in [1.29, 1.82) is 0 Å². The van der Waals surface area contributed by atoms with E-state index in [1.165, 1.54) is 0 Å². The van der Waals surface area contributed by atoms with Gasteiger partial charge in [-0.25, -0.2) is 4.98 Å². The molecule has 0 spiro atoms. The van der Waals surface area contributed by atoms with E-state index in [0.29, 0.717) is 11.9 Å². The molecule has 2 fully saturated rings. The third-order valence-corrected chi connectivity index (χ3v) is 6.86. The molecule has 0 saturated carbocycles. The van der Waals surface area contributed by atoms with Crippen molar-refractivity contribution in [2.75, 3.05) is 31.1 Å². The number of anilines is 1. The van der Waals surface area contributed by atoms with Crippen LogP contribution in [0.2, 0.25) is 0 Å². The molecule has 4 aromatic rings. The van der Waals surface area contributed by atoms with Crippen LogP contribution in [0.3, 0.4) is 0 Å². The lowest BCUT2D eigenvalue weighted by Gasteiger charge is -2.36. The maximum atomic E-state index is 13.2. The van der Waals surface area contributed by atoms with Gasteiger partial charge >= 0.3 is 0 Å². The number of carbonyl (C=O) groups excluding carboxylic acids is 1. The van der Waals surface area contributed by atoms with Crippen LogP contribution in [0.15, 0.2) is 57.4 Å². The number of rotatable bonds is 3. The van der Waals surface area contributed by atoms with Gasteiger partial charge in [0.1, 0.15) is 11.0 Å². The van der Waals surface area contributed by atoms with Crippen molar-refractivity contribution in [2.24, 2.45) is 5.92 Å². The number of hydrogen-bond acceptors (Lipinski definition) is 6. The van der Waals surface area contributed by atoms with Gasteiger partial charge in [0.05, 0.1) is 0 Å². The van der Waals surface area contributed by atoms with Crippen molar-refractivity contribution in [3.63, 3.8) is 0 Å². The summed E-state index contributed by atoms with van der Waals surface area (Å²) in [5.41, 5.74) is 3.43. The van der Waals surface area contributed by atoms with Gasteiger partial charge < -0.3 is 18.6 Å². The number of fused-ring (bicyclic) bond motifs is 2. The highest BCUT2D eigenvalue weighted by atomic mass is 16.4. The fourth-order valence-electron chi connectivity index (χ4n) is 4.98. The summed E-state index contributed by atoms with van der Waals surface area (Å²) in [6.45, 7) is 3.13. The third kappa shape index (κ3) is 3.51. The Morgan fingerprint density at radius 1 is 0.781 bits per heavy atom. The van der Waals surface area contributed by atoms with Gasteiger partial charge in [0.25, 0.3) is 6.01 Å². The minimum absolute atomic E-state index is 0.0801. The topological polar surface area (TPSA) is 75.6 Å². The number of amides is 1. The van der Waals surface area contributed by atoms with Crippen LogP contribution >= 0.6 is 0 Å². The highest BCUT2D eigenvalue weighted by molar-refractivity contribution is 5.79. The molecule has 2 saturated heterocycles. The standard InChI is InChI=1S/C25H26N4O3/c30-24(18-11-15-29(16-12-18)25-27-20-6-2-4-8-22(20)32-25)28-13-9-17(10-14-28)23-26-19-5-1-3-7-21(19)31-23/h1-8,17-18H,9-16H2. The van der Waals surface area contributed by atoms with E-state index in [0.717, 1.165) is 80.0 Å². The third-order valence-electron chi connectivity index (χ3n) is 6.86. The smallest absolute Gasteiger partial charge is 0.298 e. The minimum Gasteiger partial charge on any atom is -0.440 e. The van der Waals surface area contributed by atoms with Gasteiger partial charge in [0.15, 0.2) is 17.1 Å². The number of carbonyl (C=O) groups is 1. The first kappa shape index (κ1) is 19.3. The zero-order valence-corrected chi connectivity index (χ0v) is 17.9. The summed E-state index contributed by atoms with van der Waals surface area (Å²) in [6.07, 6.45) is 3.48. The summed E-state index contributed by atoms with van der Waals surface area (Å²) in [6, 6.07) is 16.4.